The molecule has 5 aliphatic carbocycles. The van der Waals surface area contributed by atoms with Crippen LogP contribution in [0.1, 0.15) is 89.9 Å². The van der Waals surface area contributed by atoms with Gasteiger partial charge in [0.15, 0.2) is 0 Å². The fourth-order valence-electron chi connectivity index (χ4n) is 8.21. The summed E-state index contributed by atoms with van der Waals surface area (Å²) in [4.78, 5) is 0. The number of hydrogen-bond acceptors (Lipinski definition) is 14. The van der Waals surface area contributed by atoms with Crippen LogP contribution in [0.4, 0.5) is 0 Å². The number of rotatable bonds is 9. The van der Waals surface area contributed by atoms with E-state index in [0.29, 0.717) is 57.8 Å². The summed E-state index contributed by atoms with van der Waals surface area (Å²) in [6, 6.07) is -2.64. The molecule has 0 radical (unpaired) electrons. The minimum Gasteiger partial charge on any atom is -0.393 e. The van der Waals surface area contributed by atoms with Gasteiger partial charge in [-0.25, -0.2) is 0 Å². The first-order valence-corrected chi connectivity index (χ1v) is 19.9. The highest BCUT2D eigenvalue weighted by Crippen LogP contribution is 2.45. The lowest BCUT2D eigenvalue weighted by Crippen LogP contribution is -2.54. The third kappa shape index (κ3) is 9.38. The van der Waals surface area contributed by atoms with E-state index in [-0.39, 0.29) is 55.3 Å². The van der Waals surface area contributed by atoms with E-state index in [1.807, 2.05) is 0 Å². The van der Waals surface area contributed by atoms with Gasteiger partial charge in [0.2, 0.25) is 0 Å². The van der Waals surface area contributed by atoms with Crippen molar-refractivity contribution in [3.63, 3.8) is 0 Å². The zero-order chi connectivity index (χ0) is 33.9. The summed E-state index contributed by atoms with van der Waals surface area (Å²) in [6.45, 7) is 0. The molecule has 47 heavy (non-hydrogen) atoms. The van der Waals surface area contributed by atoms with Crippen molar-refractivity contribution in [1.82, 2.24) is 0 Å². The Bertz CT molecular complexity index is 1350. The van der Waals surface area contributed by atoms with Gasteiger partial charge < -0.3 is 20.1 Å². The van der Waals surface area contributed by atoms with Crippen LogP contribution in [0.25, 0.3) is 0 Å². The molecule has 0 amide bonds. The van der Waals surface area contributed by atoms with Crippen LogP contribution in [0.3, 0.4) is 0 Å². The predicted octanol–water partition coefficient (Wildman–Crippen LogP) is 2.93. The van der Waals surface area contributed by atoms with Crippen LogP contribution < -0.4 is 0 Å². The molecule has 16 nitrogen and oxygen atoms in total. The molecular weight excluding hydrogens is 656 g/mol. The smallest absolute Gasteiger partial charge is 0.270 e. The van der Waals surface area contributed by atoms with Crippen LogP contribution in [0.5, 0.6) is 0 Å². The standard InChI is InChI=1S/C29H50N6O10S2/c1-45-26-15-23(25(37)14-24(26)34-31-18-4-9-21(10-5-18)46(39,40)41)33-35-28-27(47(42,43)44)13-16-12-19(6-11-22(16)29(28)38)32-30-17-2-7-20(36)8-3-17/h16-29,36-38H,2-15H2,1H3,(H,39,40,41)(H,42,43,44). The second-order valence-corrected chi connectivity index (χ2v) is 17.5. The van der Waals surface area contributed by atoms with Gasteiger partial charge in [0.1, 0.15) is 11.3 Å². The lowest BCUT2D eigenvalue weighted by molar-refractivity contribution is -0.0156. The predicted molar refractivity (Wildman–Crippen MR) is 168 cm³/mol. The highest BCUT2D eigenvalue weighted by Gasteiger charge is 2.51. The summed E-state index contributed by atoms with van der Waals surface area (Å²) in [5.74, 6) is -0.435. The van der Waals surface area contributed by atoms with Crippen molar-refractivity contribution in [2.24, 2.45) is 42.5 Å². The molecule has 5 aliphatic rings. The van der Waals surface area contributed by atoms with Crippen LogP contribution in [0.15, 0.2) is 30.7 Å². The Labute approximate surface area is 276 Å². The largest absolute Gasteiger partial charge is 0.393 e. The summed E-state index contributed by atoms with van der Waals surface area (Å²) in [7, 11) is -7.16. The van der Waals surface area contributed by atoms with Gasteiger partial charge in [-0.05, 0) is 88.9 Å². The molecular formula is C29H50N6O10S2. The molecule has 5 fully saturated rings. The Morgan fingerprint density at radius 3 is 1.79 bits per heavy atom. The van der Waals surface area contributed by atoms with Crippen molar-refractivity contribution in [2.75, 3.05) is 7.11 Å². The van der Waals surface area contributed by atoms with Crippen LogP contribution in [-0.4, -0.2) is 120 Å². The molecule has 10 unspecified atom stereocenters. The summed E-state index contributed by atoms with van der Waals surface area (Å²) in [6.07, 6.45) is 3.93. The zero-order valence-corrected chi connectivity index (χ0v) is 28.4. The van der Waals surface area contributed by atoms with E-state index < -0.39 is 67.2 Å². The molecule has 0 aromatic carbocycles. The van der Waals surface area contributed by atoms with E-state index in [1.165, 1.54) is 7.11 Å². The summed E-state index contributed by atoms with van der Waals surface area (Å²) < 4.78 is 73.0. The molecule has 0 bridgehead atoms. The SMILES string of the molecule is COC1CC(N=NC2C(O)C3CCC(N=NC4CCC(O)CC4)CC3CC2S(=O)(=O)O)C(O)CC1N=NC1CCC(S(=O)(=O)O)CC1. The average molecular weight is 707 g/mol. The molecule has 0 aromatic rings. The van der Waals surface area contributed by atoms with E-state index in [0.717, 1.165) is 12.8 Å². The van der Waals surface area contributed by atoms with E-state index >= 15 is 0 Å². The normalized spacial score (nSPS) is 44.2. The topological polar surface area (TPSA) is 253 Å². The molecule has 10 atom stereocenters. The van der Waals surface area contributed by atoms with E-state index in [2.05, 4.69) is 30.7 Å². The van der Waals surface area contributed by atoms with E-state index in [9.17, 15) is 41.3 Å². The van der Waals surface area contributed by atoms with Crippen LogP contribution in [-0.2, 0) is 25.0 Å². The second kappa shape index (κ2) is 15.6. The quantitative estimate of drug-likeness (QED) is 0.173. The number of aliphatic hydroxyl groups excluding tert-OH is 3. The highest BCUT2D eigenvalue weighted by atomic mass is 32.2. The first-order valence-electron chi connectivity index (χ1n) is 16.9. The molecule has 5 saturated carbocycles. The third-order valence-corrected chi connectivity index (χ3v) is 13.6. The Morgan fingerprint density at radius 1 is 0.596 bits per heavy atom. The maximum Gasteiger partial charge on any atom is 0.270 e. The Kier molecular flexibility index (Phi) is 12.2. The summed E-state index contributed by atoms with van der Waals surface area (Å²) in [5, 5.41) is 56.3. The lowest BCUT2D eigenvalue weighted by atomic mass is 9.66. The van der Waals surface area contributed by atoms with Crippen molar-refractivity contribution in [2.45, 2.75) is 161 Å². The average Bonchev–Trinajstić information content (AvgIpc) is 3.02. The molecule has 268 valence electrons. The maximum absolute atomic E-state index is 12.5. The number of ether oxygens (including phenoxy) is 1. The fourth-order valence-corrected chi connectivity index (χ4v) is 10.1. The zero-order valence-electron chi connectivity index (χ0n) is 26.8. The van der Waals surface area contributed by atoms with Crippen molar-refractivity contribution >= 4 is 20.2 Å². The first-order chi connectivity index (χ1) is 22.2. The van der Waals surface area contributed by atoms with Crippen molar-refractivity contribution in [1.29, 1.82) is 0 Å². The van der Waals surface area contributed by atoms with Crippen LogP contribution >= 0.6 is 0 Å². The van der Waals surface area contributed by atoms with E-state index in [4.69, 9.17) is 4.74 Å². The molecule has 5 rings (SSSR count). The highest BCUT2D eigenvalue weighted by molar-refractivity contribution is 7.86. The number of methoxy groups -OCH3 is 1. The first kappa shape index (κ1) is 36.7. The van der Waals surface area contributed by atoms with Crippen molar-refractivity contribution < 1.29 is 46.0 Å². The number of fused-ring (bicyclic) bond motifs is 1. The number of nitrogens with zero attached hydrogens (tertiary/aromatic N) is 6. The minimum atomic E-state index is -4.58. The Hall–Kier alpha value is -1.54. The summed E-state index contributed by atoms with van der Waals surface area (Å²) in [5.41, 5.74) is 0. The van der Waals surface area contributed by atoms with Gasteiger partial charge in [-0.2, -0.15) is 47.5 Å². The molecule has 0 spiro atoms. The number of hydrogen-bond donors (Lipinski definition) is 5. The van der Waals surface area contributed by atoms with Crippen molar-refractivity contribution in [3.05, 3.63) is 0 Å². The van der Waals surface area contributed by atoms with Gasteiger partial charge in [0.05, 0.1) is 59.9 Å². The van der Waals surface area contributed by atoms with Gasteiger partial charge in [-0.3, -0.25) is 9.11 Å². The molecule has 0 aromatic heterocycles. The van der Waals surface area contributed by atoms with E-state index in [1.54, 1.807) is 0 Å². The molecule has 0 saturated heterocycles. The third-order valence-electron chi connectivity index (χ3n) is 11.1. The molecule has 0 heterocycles. The minimum absolute atomic E-state index is 0.0789. The Balaban J connectivity index is 1.19. The maximum atomic E-state index is 12.5. The Morgan fingerprint density at radius 2 is 1.17 bits per heavy atom. The fraction of sp³-hybridized carbons (Fsp3) is 1.00. The molecule has 5 N–H and O–H groups in total. The van der Waals surface area contributed by atoms with Crippen LogP contribution in [0, 0.1) is 11.8 Å². The van der Waals surface area contributed by atoms with Gasteiger partial charge in [-0.1, -0.05) is 0 Å². The van der Waals surface area contributed by atoms with Crippen molar-refractivity contribution in [3.8, 4) is 0 Å². The molecule has 18 heteroatoms. The monoisotopic (exact) mass is 706 g/mol. The summed E-state index contributed by atoms with van der Waals surface area (Å²) >= 11 is 0. The van der Waals surface area contributed by atoms with Crippen LogP contribution in [0.2, 0.25) is 0 Å². The second-order valence-electron chi connectivity index (χ2n) is 14.2. The number of azo groups is 3. The van der Waals surface area contributed by atoms with Gasteiger partial charge in [-0.15, -0.1) is 0 Å². The van der Waals surface area contributed by atoms with Gasteiger partial charge in [0.25, 0.3) is 20.2 Å². The molecule has 0 aliphatic heterocycles. The van der Waals surface area contributed by atoms with Gasteiger partial charge in [0, 0.05) is 20.0 Å². The number of aliphatic hydroxyl groups is 3. The lowest BCUT2D eigenvalue weighted by Gasteiger charge is -2.45. The van der Waals surface area contributed by atoms with Gasteiger partial charge >= 0.3 is 0 Å².